The lowest BCUT2D eigenvalue weighted by molar-refractivity contribution is 0.649. The molecule has 2 saturated carbocycles. The molecule has 0 aliphatic heterocycles. The minimum Gasteiger partial charge on any atom is -0.307 e. The van der Waals surface area contributed by atoms with Gasteiger partial charge in [-0.1, -0.05) is 6.92 Å². The lowest BCUT2D eigenvalue weighted by Crippen LogP contribution is -2.18. The maximum Gasteiger partial charge on any atom is 0.142 e. The van der Waals surface area contributed by atoms with Gasteiger partial charge in [-0.2, -0.15) is 0 Å². The van der Waals surface area contributed by atoms with Gasteiger partial charge in [-0.3, -0.25) is 0 Å². The van der Waals surface area contributed by atoms with E-state index in [4.69, 9.17) is 0 Å². The van der Waals surface area contributed by atoms with Crippen molar-refractivity contribution in [1.29, 1.82) is 0 Å². The summed E-state index contributed by atoms with van der Waals surface area (Å²) < 4.78 is 0. The Morgan fingerprint density at radius 1 is 1.25 bits per heavy atom. The minimum absolute atomic E-state index is 0.730. The highest BCUT2D eigenvalue weighted by molar-refractivity contribution is 5.19. The van der Waals surface area contributed by atoms with E-state index < -0.39 is 0 Å². The normalized spacial score (nSPS) is 20.1. The molecule has 1 N–H and O–H groups in total. The Morgan fingerprint density at radius 2 is 2.06 bits per heavy atom. The molecule has 0 aromatic carbocycles. The molecule has 0 bridgehead atoms. The van der Waals surface area contributed by atoms with E-state index >= 15 is 0 Å². The van der Waals surface area contributed by atoms with Crippen LogP contribution in [-0.4, -0.2) is 16.0 Å². The van der Waals surface area contributed by atoms with Gasteiger partial charge in [-0.25, -0.2) is 9.97 Å². The van der Waals surface area contributed by atoms with Crippen LogP contribution in [0.25, 0.3) is 0 Å². The summed E-state index contributed by atoms with van der Waals surface area (Å²) in [6.45, 7) is 3.01. The Balaban J connectivity index is 1.75. The molecule has 2 fully saturated rings. The zero-order valence-corrected chi connectivity index (χ0v) is 9.87. The van der Waals surface area contributed by atoms with Crippen molar-refractivity contribution < 1.29 is 0 Å². The first-order valence-electron chi connectivity index (χ1n) is 6.45. The summed E-state index contributed by atoms with van der Waals surface area (Å²) >= 11 is 0. The van der Waals surface area contributed by atoms with E-state index in [1.807, 2.05) is 0 Å². The average Bonchev–Trinajstić information content (AvgIpc) is 3.19. The molecule has 86 valence electrons. The molecule has 0 unspecified atom stereocenters. The molecule has 0 radical (unpaired) electrons. The standard InChI is InChI=1S/C13H19N3/c1-2-10-7-12(9-3-4-9)16-13(15-10)8-14-11-5-6-11/h7,9,11,14H,2-6,8H2,1H3. The first-order valence-corrected chi connectivity index (χ1v) is 6.45. The van der Waals surface area contributed by atoms with Crippen molar-refractivity contribution in [3.8, 4) is 0 Å². The Kier molecular flexibility index (Phi) is 2.64. The second kappa shape index (κ2) is 4.13. The second-order valence-electron chi connectivity index (χ2n) is 4.98. The zero-order chi connectivity index (χ0) is 11.0. The number of hydrogen-bond acceptors (Lipinski definition) is 3. The van der Waals surface area contributed by atoms with Crippen LogP contribution in [0, 0.1) is 0 Å². The molecular formula is C13H19N3. The maximum absolute atomic E-state index is 4.67. The van der Waals surface area contributed by atoms with Gasteiger partial charge in [0.25, 0.3) is 0 Å². The predicted molar refractivity (Wildman–Crippen MR) is 63.2 cm³/mol. The summed E-state index contributed by atoms with van der Waals surface area (Å²) in [4.78, 5) is 9.26. The third kappa shape index (κ3) is 2.40. The SMILES string of the molecule is CCc1cc(C2CC2)nc(CNC2CC2)n1. The molecule has 0 amide bonds. The van der Waals surface area contributed by atoms with Crippen LogP contribution in [0.1, 0.15) is 55.7 Å². The van der Waals surface area contributed by atoms with Crippen molar-refractivity contribution in [1.82, 2.24) is 15.3 Å². The lowest BCUT2D eigenvalue weighted by Gasteiger charge is -2.07. The van der Waals surface area contributed by atoms with Crippen LogP contribution in [-0.2, 0) is 13.0 Å². The fraction of sp³-hybridized carbons (Fsp3) is 0.692. The largest absolute Gasteiger partial charge is 0.307 e. The van der Waals surface area contributed by atoms with Gasteiger partial charge in [-0.15, -0.1) is 0 Å². The third-order valence-corrected chi connectivity index (χ3v) is 3.33. The number of aromatic nitrogens is 2. The highest BCUT2D eigenvalue weighted by Gasteiger charge is 2.26. The van der Waals surface area contributed by atoms with E-state index in [0.29, 0.717) is 0 Å². The van der Waals surface area contributed by atoms with Gasteiger partial charge >= 0.3 is 0 Å². The highest BCUT2D eigenvalue weighted by atomic mass is 15.0. The van der Waals surface area contributed by atoms with E-state index in [1.54, 1.807) is 0 Å². The van der Waals surface area contributed by atoms with Crippen LogP contribution in [0.5, 0.6) is 0 Å². The van der Waals surface area contributed by atoms with E-state index in [-0.39, 0.29) is 0 Å². The van der Waals surface area contributed by atoms with E-state index in [9.17, 15) is 0 Å². The Morgan fingerprint density at radius 3 is 2.69 bits per heavy atom. The molecule has 1 aromatic rings. The van der Waals surface area contributed by atoms with Crippen LogP contribution in [0.3, 0.4) is 0 Å². The van der Waals surface area contributed by atoms with Gasteiger partial charge in [0.05, 0.1) is 6.54 Å². The van der Waals surface area contributed by atoms with Gasteiger partial charge in [0, 0.05) is 23.3 Å². The van der Waals surface area contributed by atoms with Gasteiger partial charge in [0.1, 0.15) is 5.82 Å². The summed E-state index contributed by atoms with van der Waals surface area (Å²) in [5.74, 6) is 1.72. The fourth-order valence-electron chi connectivity index (χ4n) is 1.95. The monoisotopic (exact) mass is 217 g/mol. The van der Waals surface area contributed by atoms with Crippen LogP contribution in [0.2, 0.25) is 0 Å². The molecule has 3 nitrogen and oxygen atoms in total. The smallest absolute Gasteiger partial charge is 0.142 e. The molecular weight excluding hydrogens is 198 g/mol. The Labute approximate surface area is 96.7 Å². The third-order valence-electron chi connectivity index (χ3n) is 3.33. The maximum atomic E-state index is 4.67. The minimum atomic E-state index is 0.730. The number of aryl methyl sites for hydroxylation is 1. The Bertz CT molecular complexity index is 381. The summed E-state index contributed by atoms with van der Waals surface area (Å²) in [6.07, 6.45) is 6.29. The first kappa shape index (κ1) is 10.2. The fourth-order valence-corrected chi connectivity index (χ4v) is 1.95. The van der Waals surface area contributed by atoms with Crippen LogP contribution >= 0.6 is 0 Å². The van der Waals surface area contributed by atoms with Crippen molar-refractivity contribution in [2.75, 3.05) is 0 Å². The van der Waals surface area contributed by atoms with Crippen molar-refractivity contribution in [3.05, 3.63) is 23.3 Å². The van der Waals surface area contributed by atoms with Crippen molar-refractivity contribution >= 4 is 0 Å². The molecule has 2 aliphatic carbocycles. The van der Waals surface area contributed by atoms with Gasteiger partial charge < -0.3 is 5.32 Å². The number of hydrogen-bond donors (Lipinski definition) is 1. The van der Waals surface area contributed by atoms with Crippen LogP contribution in [0.4, 0.5) is 0 Å². The quantitative estimate of drug-likeness (QED) is 0.821. The molecule has 1 aromatic heterocycles. The molecule has 0 atom stereocenters. The van der Waals surface area contributed by atoms with E-state index in [2.05, 4.69) is 28.3 Å². The van der Waals surface area contributed by atoms with Crippen LogP contribution in [0.15, 0.2) is 6.07 Å². The van der Waals surface area contributed by atoms with Crippen molar-refractivity contribution in [2.24, 2.45) is 0 Å². The van der Waals surface area contributed by atoms with E-state index in [1.165, 1.54) is 37.1 Å². The summed E-state index contributed by atoms with van der Waals surface area (Å²) in [7, 11) is 0. The highest BCUT2D eigenvalue weighted by Crippen LogP contribution is 2.39. The molecule has 3 heteroatoms. The van der Waals surface area contributed by atoms with Crippen molar-refractivity contribution in [2.45, 2.75) is 57.5 Å². The molecule has 0 saturated heterocycles. The second-order valence-corrected chi connectivity index (χ2v) is 4.98. The van der Waals surface area contributed by atoms with Crippen LogP contribution < -0.4 is 5.32 Å². The zero-order valence-electron chi connectivity index (χ0n) is 9.87. The predicted octanol–water partition coefficient (Wildman–Crippen LogP) is 2.17. The topological polar surface area (TPSA) is 37.8 Å². The summed E-state index contributed by atoms with van der Waals surface area (Å²) in [5, 5.41) is 3.49. The van der Waals surface area contributed by atoms with Gasteiger partial charge in [0.15, 0.2) is 0 Å². The Hall–Kier alpha value is -0.960. The van der Waals surface area contributed by atoms with E-state index in [0.717, 1.165) is 30.7 Å². The first-order chi connectivity index (χ1) is 7.85. The molecule has 1 heterocycles. The average molecular weight is 217 g/mol. The molecule has 16 heavy (non-hydrogen) atoms. The summed E-state index contributed by atoms with van der Waals surface area (Å²) in [5.41, 5.74) is 2.48. The van der Waals surface area contributed by atoms with Gasteiger partial charge in [-0.05, 0) is 38.2 Å². The molecule has 2 aliphatic rings. The number of rotatable bonds is 5. The lowest BCUT2D eigenvalue weighted by atomic mass is 10.2. The van der Waals surface area contributed by atoms with Gasteiger partial charge in [0.2, 0.25) is 0 Å². The van der Waals surface area contributed by atoms with Crippen molar-refractivity contribution in [3.63, 3.8) is 0 Å². The number of nitrogens with zero attached hydrogens (tertiary/aromatic N) is 2. The molecule has 3 rings (SSSR count). The summed E-state index contributed by atoms with van der Waals surface area (Å²) in [6, 6.07) is 2.93. The molecule has 0 spiro atoms. The number of nitrogens with one attached hydrogen (secondary N) is 1.